The fraction of sp³-hybridized carbons (Fsp3) is 0.133. The van der Waals surface area contributed by atoms with E-state index in [4.69, 9.17) is 0 Å². The quantitative estimate of drug-likeness (QED) is 0.857. The van der Waals surface area contributed by atoms with E-state index in [0.29, 0.717) is 5.69 Å². The van der Waals surface area contributed by atoms with Crippen molar-refractivity contribution >= 4 is 33.3 Å². The summed E-state index contributed by atoms with van der Waals surface area (Å²) in [7, 11) is -3.78. The molecule has 0 spiro atoms. The molecular formula is C15H13N3O4S. The van der Waals surface area contributed by atoms with Crippen molar-refractivity contribution < 1.29 is 18.0 Å². The standard InChI is InChI=1S/C15H13N3O4S/c19-14-8-9-15(20)18(14)11-4-6-12(7-5-11)23(21,22)17-13-3-1-2-10-16-13/h1-7,10H,8-9H2,(H,16,17). The van der Waals surface area contributed by atoms with Gasteiger partial charge in [0.2, 0.25) is 11.8 Å². The Hall–Kier alpha value is -2.74. The van der Waals surface area contributed by atoms with E-state index < -0.39 is 10.0 Å². The van der Waals surface area contributed by atoms with Crippen LogP contribution in [-0.2, 0) is 19.6 Å². The SMILES string of the molecule is O=C1CCC(=O)N1c1ccc(S(=O)(=O)Nc2ccccn2)cc1. The van der Waals surface area contributed by atoms with Gasteiger partial charge in [-0.1, -0.05) is 6.07 Å². The van der Waals surface area contributed by atoms with E-state index >= 15 is 0 Å². The Bertz CT molecular complexity index is 832. The topological polar surface area (TPSA) is 96.4 Å². The third-order valence-corrected chi connectivity index (χ3v) is 4.73. The number of carbonyl (C=O) groups excluding carboxylic acids is 2. The zero-order valence-electron chi connectivity index (χ0n) is 12.0. The van der Waals surface area contributed by atoms with Crippen LogP contribution in [0.15, 0.2) is 53.6 Å². The molecule has 0 unspecified atom stereocenters. The van der Waals surface area contributed by atoms with Crippen LogP contribution in [0.5, 0.6) is 0 Å². The molecule has 2 amide bonds. The summed E-state index contributed by atoms with van der Waals surface area (Å²) in [5.41, 5.74) is 0.370. The lowest BCUT2D eigenvalue weighted by atomic mass is 10.3. The van der Waals surface area contributed by atoms with E-state index in [1.807, 2.05) is 0 Å². The number of carbonyl (C=O) groups is 2. The van der Waals surface area contributed by atoms with Crippen molar-refractivity contribution in [3.05, 3.63) is 48.7 Å². The molecule has 0 radical (unpaired) electrons. The van der Waals surface area contributed by atoms with Gasteiger partial charge in [0.05, 0.1) is 10.6 Å². The Balaban J connectivity index is 1.84. The van der Waals surface area contributed by atoms with E-state index in [1.165, 1.54) is 36.5 Å². The molecule has 7 nitrogen and oxygen atoms in total. The van der Waals surface area contributed by atoms with Gasteiger partial charge >= 0.3 is 0 Å². The molecule has 0 aliphatic carbocycles. The molecular weight excluding hydrogens is 318 g/mol. The minimum atomic E-state index is -3.78. The average molecular weight is 331 g/mol. The minimum absolute atomic E-state index is 0.0194. The second-order valence-corrected chi connectivity index (χ2v) is 6.62. The van der Waals surface area contributed by atoms with Gasteiger partial charge in [0.1, 0.15) is 5.82 Å². The average Bonchev–Trinajstić information content (AvgIpc) is 2.87. The molecule has 0 atom stereocenters. The number of nitrogens with zero attached hydrogens (tertiary/aromatic N) is 2. The van der Waals surface area contributed by atoms with Gasteiger partial charge in [0, 0.05) is 19.0 Å². The molecule has 118 valence electrons. The van der Waals surface area contributed by atoms with Crippen LogP contribution in [0, 0.1) is 0 Å². The van der Waals surface area contributed by atoms with Gasteiger partial charge in [-0.3, -0.25) is 19.2 Å². The van der Waals surface area contributed by atoms with Gasteiger partial charge in [-0.15, -0.1) is 0 Å². The van der Waals surface area contributed by atoms with Gasteiger partial charge in [-0.25, -0.2) is 13.4 Å². The maximum Gasteiger partial charge on any atom is 0.263 e. The highest BCUT2D eigenvalue weighted by molar-refractivity contribution is 7.92. The molecule has 1 aromatic carbocycles. The molecule has 0 bridgehead atoms. The van der Waals surface area contributed by atoms with Crippen LogP contribution in [0.1, 0.15) is 12.8 Å². The summed E-state index contributed by atoms with van der Waals surface area (Å²) in [5.74, 6) is -0.351. The third-order valence-electron chi connectivity index (χ3n) is 3.36. The Morgan fingerprint density at radius 1 is 0.957 bits per heavy atom. The molecule has 1 aliphatic rings. The lowest BCUT2D eigenvalue weighted by Crippen LogP contribution is -2.28. The Labute approximate surface area is 133 Å². The molecule has 1 saturated heterocycles. The highest BCUT2D eigenvalue weighted by atomic mass is 32.2. The smallest absolute Gasteiger partial charge is 0.263 e. The summed E-state index contributed by atoms with van der Waals surface area (Å²) in [6.07, 6.45) is 1.84. The Morgan fingerprint density at radius 2 is 1.61 bits per heavy atom. The molecule has 0 saturated carbocycles. The monoisotopic (exact) mass is 331 g/mol. The number of pyridine rings is 1. The molecule has 8 heteroatoms. The van der Waals surface area contributed by atoms with Gasteiger partial charge in [0.15, 0.2) is 0 Å². The molecule has 1 aliphatic heterocycles. The lowest BCUT2D eigenvalue weighted by Gasteiger charge is -2.14. The van der Waals surface area contributed by atoms with Crippen molar-refractivity contribution in [2.75, 3.05) is 9.62 Å². The van der Waals surface area contributed by atoms with Gasteiger partial charge in [-0.2, -0.15) is 0 Å². The zero-order chi connectivity index (χ0) is 16.4. The number of hydrogen-bond donors (Lipinski definition) is 1. The van der Waals surface area contributed by atoms with Crippen molar-refractivity contribution in [2.45, 2.75) is 17.7 Å². The number of hydrogen-bond acceptors (Lipinski definition) is 5. The maximum atomic E-state index is 12.3. The van der Waals surface area contributed by atoms with Crippen LogP contribution in [0.4, 0.5) is 11.5 Å². The van der Waals surface area contributed by atoms with E-state index in [2.05, 4.69) is 9.71 Å². The molecule has 2 heterocycles. The maximum absolute atomic E-state index is 12.3. The molecule has 1 N–H and O–H groups in total. The fourth-order valence-corrected chi connectivity index (χ4v) is 3.27. The summed E-state index contributed by atoms with van der Waals surface area (Å²) in [6, 6.07) is 10.4. The Morgan fingerprint density at radius 3 is 2.17 bits per heavy atom. The van der Waals surface area contributed by atoms with Crippen LogP contribution < -0.4 is 9.62 Å². The third kappa shape index (κ3) is 3.07. The summed E-state index contributed by atoms with van der Waals surface area (Å²) < 4.78 is 26.9. The number of aromatic nitrogens is 1. The zero-order valence-corrected chi connectivity index (χ0v) is 12.8. The van der Waals surface area contributed by atoms with Crippen molar-refractivity contribution in [1.82, 2.24) is 4.98 Å². The van der Waals surface area contributed by atoms with E-state index in [1.54, 1.807) is 12.1 Å². The van der Waals surface area contributed by atoms with Crippen LogP contribution in [-0.4, -0.2) is 25.2 Å². The summed E-state index contributed by atoms with van der Waals surface area (Å²) >= 11 is 0. The van der Waals surface area contributed by atoms with E-state index in [-0.39, 0.29) is 35.4 Å². The number of rotatable bonds is 4. The Kier molecular flexibility index (Phi) is 3.83. The van der Waals surface area contributed by atoms with Gasteiger partial charge in [-0.05, 0) is 36.4 Å². The number of sulfonamides is 1. The molecule has 1 aromatic heterocycles. The molecule has 2 aromatic rings. The summed E-state index contributed by atoms with van der Waals surface area (Å²) in [4.78, 5) is 28.3. The predicted molar refractivity (Wildman–Crippen MR) is 83.2 cm³/mol. The molecule has 3 rings (SSSR count). The molecule has 1 fully saturated rings. The second kappa shape index (κ2) is 5.81. The number of benzene rings is 1. The van der Waals surface area contributed by atoms with Crippen LogP contribution in [0.3, 0.4) is 0 Å². The van der Waals surface area contributed by atoms with Gasteiger partial charge in [0.25, 0.3) is 10.0 Å². The number of nitrogens with one attached hydrogen (secondary N) is 1. The molecule has 23 heavy (non-hydrogen) atoms. The first-order valence-corrected chi connectivity index (χ1v) is 8.35. The van der Waals surface area contributed by atoms with Crippen LogP contribution in [0.25, 0.3) is 0 Å². The highest BCUT2D eigenvalue weighted by Gasteiger charge is 2.30. The fourth-order valence-electron chi connectivity index (χ4n) is 2.26. The number of amides is 2. The van der Waals surface area contributed by atoms with E-state index in [0.717, 1.165) is 4.90 Å². The van der Waals surface area contributed by atoms with Crippen molar-refractivity contribution in [3.8, 4) is 0 Å². The summed E-state index contributed by atoms with van der Waals surface area (Å²) in [6.45, 7) is 0. The summed E-state index contributed by atoms with van der Waals surface area (Å²) in [5, 5.41) is 0. The van der Waals surface area contributed by atoms with Crippen molar-refractivity contribution in [2.24, 2.45) is 0 Å². The van der Waals surface area contributed by atoms with Crippen LogP contribution in [0.2, 0.25) is 0 Å². The number of imide groups is 1. The van der Waals surface area contributed by atoms with Crippen molar-refractivity contribution in [1.29, 1.82) is 0 Å². The second-order valence-electron chi connectivity index (χ2n) is 4.94. The first-order valence-electron chi connectivity index (χ1n) is 6.87. The normalized spacial score (nSPS) is 15.0. The first-order chi connectivity index (χ1) is 11.0. The van der Waals surface area contributed by atoms with Crippen LogP contribution >= 0.6 is 0 Å². The largest absolute Gasteiger partial charge is 0.274 e. The first kappa shape index (κ1) is 15.2. The lowest BCUT2D eigenvalue weighted by molar-refractivity contribution is -0.121. The predicted octanol–water partition coefficient (Wildman–Crippen LogP) is 1.54. The highest BCUT2D eigenvalue weighted by Crippen LogP contribution is 2.24. The van der Waals surface area contributed by atoms with Gasteiger partial charge < -0.3 is 0 Å². The van der Waals surface area contributed by atoms with E-state index in [9.17, 15) is 18.0 Å². The number of anilines is 2. The minimum Gasteiger partial charge on any atom is -0.274 e. The van der Waals surface area contributed by atoms with Crippen molar-refractivity contribution in [3.63, 3.8) is 0 Å².